The number of nitrogens with zero attached hydrogens (tertiary/aromatic N) is 2. The number of aliphatic carboxylic acids is 2. The smallest absolute Gasteiger partial charge is 0.414 e. The molecule has 0 radical (unpaired) electrons. The van der Waals surface area contributed by atoms with Gasteiger partial charge >= 0.3 is 11.9 Å². The summed E-state index contributed by atoms with van der Waals surface area (Å²) in [6.07, 6.45) is 1.91. The largest absolute Gasteiger partial charge is 0.507 e. The number of aryl methyl sites for hydroxylation is 1. The number of anilines is 1. The summed E-state index contributed by atoms with van der Waals surface area (Å²) in [6.45, 7) is 15.6. The summed E-state index contributed by atoms with van der Waals surface area (Å²) in [7, 11) is 2.03. The number of aromatic nitrogens is 2. The highest BCUT2D eigenvalue weighted by molar-refractivity contribution is 6.27. The fraction of sp³-hybridized carbons (Fsp3) is 0.393. The van der Waals surface area contributed by atoms with E-state index in [2.05, 4.69) is 99.7 Å². The van der Waals surface area contributed by atoms with E-state index in [4.69, 9.17) is 19.8 Å². The SMILES string of the molecule is Cc1ccc(-c2cnc(NCc3cc(C(C)(C)C)c(O)c(C(C)(C)C)c3)n2C)cc1.O=C(O)C(=O)O. The quantitative estimate of drug-likeness (QED) is 0.354. The van der Waals surface area contributed by atoms with Crippen LogP contribution in [0, 0.1) is 6.92 Å². The van der Waals surface area contributed by atoms with Gasteiger partial charge < -0.3 is 25.2 Å². The molecule has 0 aliphatic rings. The number of benzene rings is 2. The maximum atomic E-state index is 10.9. The molecular formula is C28H37N3O5. The van der Waals surface area contributed by atoms with Crippen LogP contribution in [-0.4, -0.2) is 36.8 Å². The lowest BCUT2D eigenvalue weighted by atomic mass is 9.78. The second-order valence-electron chi connectivity index (χ2n) is 10.9. The van der Waals surface area contributed by atoms with E-state index in [9.17, 15) is 5.11 Å². The lowest BCUT2D eigenvalue weighted by molar-refractivity contribution is -0.159. The molecule has 1 heterocycles. The van der Waals surface area contributed by atoms with Gasteiger partial charge in [0, 0.05) is 13.6 Å². The first-order chi connectivity index (χ1) is 16.5. The molecule has 0 unspecified atom stereocenters. The molecule has 3 aromatic rings. The first-order valence-electron chi connectivity index (χ1n) is 11.7. The highest BCUT2D eigenvalue weighted by atomic mass is 16.4. The van der Waals surface area contributed by atoms with Crippen LogP contribution in [0.3, 0.4) is 0 Å². The molecule has 2 aromatic carbocycles. The molecule has 8 nitrogen and oxygen atoms in total. The number of carboxylic acids is 2. The van der Waals surface area contributed by atoms with Gasteiger partial charge in [-0.2, -0.15) is 0 Å². The van der Waals surface area contributed by atoms with Gasteiger partial charge in [-0.15, -0.1) is 0 Å². The molecule has 8 heteroatoms. The van der Waals surface area contributed by atoms with E-state index in [-0.39, 0.29) is 10.8 Å². The lowest BCUT2D eigenvalue weighted by Crippen LogP contribution is -2.18. The Kier molecular flexibility index (Phi) is 8.57. The molecular weight excluding hydrogens is 458 g/mol. The van der Waals surface area contributed by atoms with E-state index in [0.29, 0.717) is 12.3 Å². The Labute approximate surface area is 212 Å². The minimum absolute atomic E-state index is 0.137. The van der Waals surface area contributed by atoms with Crippen LogP contribution >= 0.6 is 0 Å². The van der Waals surface area contributed by atoms with Gasteiger partial charge in [0.15, 0.2) is 0 Å². The molecule has 4 N–H and O–H groups in total. The second kappa shape index (κ2) is 10.8. The topological polar surface area (TPSA) is 125 Å². The van der Waals surface area contributed by atoms with Crippen molar-refractivity contribution in [2.24, 2.45) is 7.05 Å². The number of carboxylic acid groups (broad SMARTS) is 2. The number of nitrogens with one attached hydrogen (secondary N) is 1. The van der Waals surface area contributed by atoms with E-state index in [1.807, 2.05) is 13.2 Å². The monoisotopic (exact) mass is 495 g/mol. The maximum absolute atomic E-state index is 10.9. The number of rotatable bonds is 4. The molecule has 194 valence electrons. The van der Waals surface area contributed by atoms with Crippen LogP contribution in [0.5, 0.6) is 5.75 Å². The number of imidazole rings is 1. The molecule has 36 heavy (non-hydrogen) atoms. The summed E-state index contributed by atoms with van der Waals surface area (Å²) in [6, 6.07) is 12.7. The summed E-state index contributed by atoms with van der Waals surface area (Å²) in [5.41, 5.74) is 6.30. The third-order valence-electron chi connectivity index (χ3n) is 5.75. The van der Waals surface area contributed by atoms with Gasteiger partial charge in [-0.05, 0) is 52.1 Å². The Hall–Kier alpha value is -3.81. The molecule has 0 saturated heterocycles. The van der Waals surface area contributed by atoms with Crippen LogP contribution < -0.4 is 5.32 Å². The van der Waals surface area contributed by atoms with Crippen molar-refractivity contribution in [3.05, 3.63) is 64.8 Å². The van der Waals surface area contributed by atoms with Gasteiger partial charge in [0.1, 0.15) is 5.75 Å². The van der Waals surface area contributed by atoms with Gasteiger partial charge in [0.05, 0.1) is 11.9 Å². The zero-order valence-corrected chi connectivity index (χ0v) is 22.3. The third kappa shape index (κ3) is 7.10. The number of phenols is 1. The summed E-state index contributed by atoms with van der Waals surface area (Å²) in [4.78, 5) is 22.8. The lowest BCUT2D eigenvalue weighted by Gasteiger charge is -2.28. The van der Waals surface area contributed by atoms with Crippen LogP contribution in [0.15, 0.2) is 42.6 Å². The van der Waals surface area contributed by atoms with Crippen LogP contribution in [0.2, 0.25) is 0 Å². The minimum atomic E-state index is -1.82. The average molecular weight is 496 g/mol. The van der Waals surface area contributed by atoms with Crippen molar-refractivity contribution in [1.29, 1.82) is 0 Å². The molecule has 0 spiro atoms. The van der Waals surface area contributed by atoms with Crippen molar-refractivity contribution in [3.8, 4) is 17.0 Å². The van der Waals surface area contributed by atoms with Gasteiger partial charge in [0.2, 0.25) is 5.95 Å². The first kappa shape index (κ1) is 28.4. The molecule has 0 saturated carbocycles. The van der Waals surface area contributed by atoms with Crippen LogP contribution in [0.25, 0.3) is 11.3 Å². The first-order valence-corrected chi connectivity index (χ1v) is 11.7. The Balaban J connectivity index is 0.000000678. The van der Waals surface area contributed by atoms with Gasteiger partial charge in [-0.25, -0.2) is 14.6 Å². The standard InChI is InChI=1S/C26H35N3O.C2H2O4/c1-17-9-11-19(12-10-17)22-16-28-24(29(22)8)27-15-18-13-20(25(2,3)4)23(30)21(14-18)26(5,6)7;3-1(4)2(5)6/h9-14,16,30H,15H2,1-8H3,(H,27,28);(H,3,4)(H,5,6). The van der Waals surface area contributed by atoms with E-state index in [0.717, 1.165) is 33.9 Å². The number of hydrogen-bond donors (Lipinski definition) is 4. The van der Waals surface area contributed by atoms with Crippen molar-refractivity contribution in [3.63, 3.8) is 0 Å². The average Bonchev–Trinajstić information content (AvgIpc) is 3.12. The van der Waals surface area contributed by atoms with Crippen molar-refractivity contribution < 1.29 is 24.9 Å². The number of phenolic OH excluding ortho intramolecular Hbond substituents is 1. The Morgan fingerprint density at radius 2 is 1.39 bits per heavy atom. The van der Waals surface area contributed by atoms with Crippen molar-refractivity contribution in [2.75, 3.05) is 5.32 Å². The number of hydrogen-bond acceptors (Lipinski definition) is 5. The molecule has 1 aromatic heterocycles. The third-order valence-corrected chi connectivity index (χ3v) is 5.75. The zero-order chi connectivity index (χ0) is 27.4. The Bertz CT molecular complexity index is 1180. The molecule has 0 fully saturated rings. The van der Waals surface area contributed by atoms with Crippen molar-refractivity contribution in [1.82, 2.24) is 9.55 Å². The summed E-state index contributed by atoms with van der Waals surface area (Å²) < 4.78 is 2.08. The highest BCUT2D eigenvalue weighted by Crippen LogP contribution is 2.40. The van der Waals surface area contributed by atoms with Crippen molar-refractivity contribution >= 4 is 17.9 Å². The molecule has 0 atom stereocenters. The molecule has 0 aliphatic carbocycles. The van der Waals surface area contributed by atoms with Crippen LogP contribution in [-0.2, 0) is 34.0 Å². The van der Waals surface area contributed by atoms with Crippen LogP contribution in [0.1, 0.15) is 63.8 Å². The highest BCUT2D eigenvalue weighted by Gasteiger charge is 2.26. The number of aromatic hydroxyl groups is 1. The molecule has 3 rings (SSSR count). The van der Waals surface area contributed by atoms with Crippen molar-refractivity contribution in [2.45, 2.75) is 65.8 Å². The summed E-state index contributed by atoms with van der Waals surface area (Å²) in [5, 5.41) is 29.2. The predicted molar refractivity (Wildman–Crippen MR) is 141 cm³/mol. The van der Waals surface area contributed by atoms with Gasteiger partial charge in [-0.1, -0.05) is 71.4 Å². The minimum Gasteiger partial charge on any atom is -0.507 e. The van der Waals surface area contributed by atoms with E-state index < -0.39 is 11.9 Å². The molecule has 0 amide bonds. The number of carbonyl (C=O) groups is 2. The fourth-order valence-corrected chi connectivity index (χ4v) is 3.69. The summed E-state index contributed by atoms with van der Waals surface area (Å²) in [5.74, 6) is -2.41. The van der Waals surface area contributed by atoms with Crippen LogP contribution in [0.4, 0.5) is 5.95 Å². The molecule has 0 bridgehead atoms. The fourth-order valence-electron chi connectivity index (χ4n) is 3.69. The van der Waals surface area contributed by atoms with E-state index in [1.54, 1.807) is 0 Å². The second-order valence-corrected chi connectivity index (χ2v) is 10.9. The Morgan fingerprint density at radius 3 is 1.81 bits per heavy atom. The zero-order valence-electron chi connectivity index (χ0n) is 22.3. The van der Waals surface area contributed by atoms with E-state index in [1.165, 1.54) is 5.56 Å². The Morgan fingerprint density at radius 1 is 0.917 bits per heavy atom. The summed E-state index contributed by atoms with van der Waals surface area (Å²) >= 11 is 0. The maximum Gasteiger partial charge on any atom is 0.414 e. The van der Waals surface area contributed by atoms with Gasteiger partial charge in [0.25, 0.3) is 0 Å². The van der Waals surface area contributed by atoms with E-state index >= 15 is 0 Å². The van der Waals surface area contributed by atoms with Gasteiger partial charge in [-0.3, -0.25) is 0 Å². The molecule has 0 aliphatic heterocycles. The predicted octanol–water partition coefficient (Wildman–Crippen LogP) is 5.46. The normalized spacial score (nSPS) is 11.4.